The molecular weight excluding hydrogens is 351 g/mol. The topological polar surface area (TPSA) is 52.6 Å². The van der Waals surface area contributed by atoms with E-state index in [1.165, 1.54) is 12.1 Å². The van der Waals surface area contributed by atoms with Gasteiger partial charge in [-0.05, 0) is 42.8 Å². The highest BCUT2D eigenvalue weighted by Gasteiger charge is 2.20. The minimum absolute atomic E-state index is 0.294. The zero-order valence-electron chi connectivity index (χ0n) is 13.0. The van der Waals surface area contributed by atoms with E-state index in [1.807, 2.05) is 6.92 Å². The second kappa shape index (κ2) is 8.71. The van der Waals surface area contributed by atoms with Crippen LogP contribution in [0.1, 0.15) is 40.5 Å². The molecule has 2 aromatic carbocycles. The van der Waals surface area contributed by atoms with E-state index < -0.39 is 18.2 Å². The summed E-state index contributed by atoms with van der Waals surface area (Å²) >= 11 is 11.7. The van der Waals surface area contributed by atoms with Crippen LogP contribution in [0.5, 0.6) is 0 Å². The van der Waals surface area contributed by atoms with Crippen LogP contribution < -0.4 is 0 Å². The molecule has 0 saturated heterocycles. The highest BCUT2D eigenvalue weighted by molar-refractivity contribution is 6.31. The molecule has 24 heavy (non-hydrogen) atoms. The molecule has 0 unspecified atom stereocenters. The summed E-state index contributed by atoms with van der Waals surface area (Å²) in [5.74, 6) is -1.20. The van der Waals surface area contributed by atoms with E-state index in [0.717, 1.165) is 0 Å². The Hall–Kier alpha value is -2.04. The largest absolute Gasteiger partial charge is 0.422 e. The fraction of sp³-hybridized carbons (Fsp3) is 0.222. The molecule has 0 spiro atoms. The van der Waals surface area contributed by atoms with Crippen LogP contribution >= 0.6 is 23.2 Å². The SMILES string of the molecule is CCCC(OC(=O)c1cccc(Cl)c1)OC(=O)c1cccc(Cl)c1. The maximum absolute atomic E-state index is 12.2. The standard InChI is InChI=1S/C18H16Cl2O4/c1-2-5-16(23-17(21)12-6-3-8-14(19)10-12)24-18(22)13-7-4-9-15(20)11-13/h3-4,6-11,16H,2,5H2,1H3. The molecule has 2 rings (SSSR count). The summed E-state index contributed by atoms with van der Waals surface area (Å²) in [6.45, 7) is 1.90. The molecule has 2 aromatic rings. The minimum atomic E-state index is -0.979. The molecule has 0 radical (unpaired) electrons. The average molecular weight is 367 g/mol. The van der Waals surface area contributed by atoms with Gasteiger partial charge in [-0.2, -0.15) is 0 Å². The first kappa shape index (κ1) is 18.3. The van der Waals surface area contributed by atoms with Crippen LogP contribution in [0.4, 0.5) is 0 Å². The average Bonchev–Trinajstić information content (AvgIpc) is 2.55. The molecule has 0 fully saturated rings. The maximum Gasteiger partial charge on any atom is 0.341 e. The number of hydrogen-bond acceptors (Lipinski definition) is 4. The molecule has 4 nitrogen and oxygen atoms in total. The molecule has 0 aliphatic rings. The van der Waals surface area contributed by atoms with Crippen molar-refractivity contribution in [2.75, 3.05) is 0 Å². The van der Waals surface area contributed by atoms with Crippen molar-refractivity contribution in [2.24, 2.45) is 0 Å². The van der Waals surface area contributed by atoms with Crippen molar-refractivity contribution in [3.05, 3.63) is 69.7 Å². The van der Waals surface area contributed by atoms with Gasteiger partial charge in [0.1, 0.15) is 0 Å². The van der Waals surface area contributed by atoms with Gasteiger partial charge in [0, 0.05) is 16.5 Å². The van der Waals surface area contributed by atoms with Crippen molar-refractivity contribution in [1.29, 1.82) is 0 Å². The fourth-order valence-corrected chi connectivity index (χ4v) is 2.36. The Balaban J connectivity index is 2.06. The number of esters is 2. The number of ether oxygens (including phenoxy) is 2. The summed E-state index contributed by atoms with van der Waals surface area (Å²) in [6.07, 6.45) is 0.0857. The first-order valence-electron chi connectivity index (χ1n) is 7.42. The third-order valence-electron chi connectivity index (χ3n) is 3.12. The lowest BCUT2D eigenvalue weighted by atomic mass is 10.2. The Kier molecular flexibility index (Phi) is 6.64. The zero-order valence-corrected chi connectivity index (χ0v) is 14.5. The monoisotopic (exact) mass is 366 g/mol. The summed E-state index contributed by atoms with van der Waals surface area (Å²) in [5, 5.41) is 0.847. The molecule has 0 aromatic heterocycles. The van der Waals surface area contributed by atoms with E-state index in [0.29, 0.717) is 34.0 Å². The van der Waals surface area contributed by atoms with Crippen LogP contribution in [-0.2, 0) is 9.47 Å². The molecule has 6 heteroatoms. The van der Waals surface area contributed by atoms with E-state index in [-0.39, 0.29) is 0 Å². The molecule has 0 aliphatic carbocycles. The van der Waals surface area contributed by atoms with Crippen molar-refractivity contribution in [2.45, 2.75) is 26.1 Å². The molecule has 0 saturated carbocycles. The first-order chi connectivity index (χ1) is 11.5. The Bertz CT molecular complexity index is 671. The lowest BCUT2D eigenvalue weighted by Gasteiger charge is -2.18. The predicted molar refractivity (Wildman–Crippen MR) is 92.4 cm³/mol. The van der Waals surface area contributed by atoms with Gasteiger partial charge < -0.3 is 9.47 Å². The van der Waals surface area contributed by atoms with Gasteiger partial charge in [-0.15, -0.1) is 0 Å². The number of halogens is 2. The van der Waals surface area contributed by atoms with Crippen molar-refractivity contribution < 1.29 is 19.1 Å². The minimum Gasteiger partial charge on any atom is -0.422 e. The highest BCUT2D eigenvalue weighted by Crippen LogP contribution is 2.17. The van der Waals surface area contributed by atoms with Gasteiger partial charge in [0.25, 0.3) is 0 Å². The van der Waals surface area contributed by atoms with E-state index in [4.69, 9.17) is 32.7 Å². The molecule has 0 N–H and O–H groups in total. The number of carbonyl (C=O) groups is 2. The number of hydrogen-bond donors (Lipinski definition) is 0. The molecule has 0 amide bonds. The van der Waals surface area contributed by atoms with Crippen LogP contribution in [0.25, 0.3) is 0 Å². The van der Waals surface area contributed by atoms with Crippen LogP contribution in [-0.4, -0.2) is 18.2 Å². The molecule has 0 bridgehead atoms. The second-order valence-corrected chi connectivity index (χ2v) is 5.92. The normalized spacial score (nSPS) is 10.5. The summed E-state index contributed by atoms with van der Waals surface area (Å²) < 4.78 is 10.6. The quantitative estimate of drug-likeness (QED) is 0.524. The van der Waals surface area contributed by atoms with Gasteiger partial charge in [0.05, 0.1) is 11.1 Å². The third kappa shape index (κ3) is 5.25. The Labute approximate surface area is 150 Å². The summed E-state index contributed by atoms with van der Waals surface area (Å²) in [5.41, 5.74) is 0.588. The van der Waals surface area contributed by atoms with E-state index in [2.05, 4.69) is 0 Å². The summed E-state index contributed by atoms with van der Waals surface area (Å²) in [4.78, 5) is 24.3. The first-order valence-corrected chi connectivity index (χ1v) is 8.18. The molecule has 0 heterocycles. The van der Waals surface area contributed by atoms with Crippen LogP contribution in [0, 0.1) is 0 Å². The number of rotatable bonds is 6. The molecular formula is C18H16Cl2O4. The highest BCUT2D eigenvalue weighted by atomic mass is 35.5. The zero-order chi connectivity index (χ0) is 17.5. The van der Waals surface area contributed by atoms with Gasteiger partial charge in [0.2, 0.25) is 6.29 Å². The van der Waals surface area contributed by atoms with E-state index in [1.54, 1.807) is 36.4 Å². The lowest BCUT2D eigenvalue weighted by Crippen LogP contribution is -2.24. The summed E-state index contributed by atoms with van der Waals surface area (Å²) in [6, 6.07) is 12.7. The lowest BCUT2D eigenvalue weighted by molar-refractivity contribution is -0.0830. The smallest absolute Gasteiger partial charge is 0.341 e. The van der Waals surface area contributed by atoms with Crippen molar-refractivity contribution in [3.8, 4) is 0 Å². The van der Waals surface area contributed by atoms with Gasteiger partial charge >= 0.3 is 11.9 Å². The van der Waals surface area contributed by atoms with Gasteiger partial charge in [-0.3, -0.25) is 0 Å². The molecule has 0 atom stereocenters. The predicted octanol–water partition coefficient (Wildman–Crippen LogP) is 5.13. The number of carbonyl (C=O) groups excluding carboxylic acids is 2. The Morgan fingerprint density at radius 3 is 1.75 bits per heavy atom. The molecule has 126 valence electrons. The van der Waals surface area contributed by atoms with Crippen molar-refractivity contribution in [1.82, 2.24) is 0 Å². The van der Waals surface area contributed by atoms with Crippen LogP contribution in [0.3, 0.4) is 0 Å². The second-order valence-electron chi connectivity index (χ2n) is 5.05. The van der Waals surface area contributed by atoms with E-state index in [9.17, 15) is 9.59 Å². The Morgan fingerprint density at radius 1 is 0.917 bits per heavy atom. The summed E-state index contributed by atoms with van der Waals surface area (Å²) in [7, 11) is 0. The molecule has 0 aliphatic heterocycles. The number of benzene rings is 2. The van der Waals surface area contributed by atoms with Crippen LogP contribution in [0.2, 0.25) is 10.0 Å². The maximum atomic E-state index is 12.2. The van der Waals surface area contributed by atoms with Gasteiger partial charge in [-0.25, -0.2) is 9.59 Å². The third-order valence-corrected chi connectivity index (χ3v) is 3.59. The van der Waals surface area contributed by atoms with E-state index >= 15 is 0 Å². The van der Waals surface area contributed by atoms with Gasteiger partial charge in [0.15, 0.2) is 0 Å². The fourth-order valence-electron chi connectivity index (χ4n) is 1.98. The Morgan fingerprint density at radius 2 is 1.38 bits per heavy atom. The van der Waals surface area contributed by atoms with Crippen molar-refractivity contribution in [3.63, 3.8) is 0 Å². The van der Waals surface area contributed by atoms with Crippen LogP contribution in [0.15, 0.2) is 48.5 Å². The van der Waals surface area contributed by atoms with Gasteiger partial charge in [-0.1, -0.05) is 42.3 Å². The van der Waals surface area contributed by atoms with Crippen molar-refractivity contribution >= 4 is 35.1 Å².